The summed E-state index contributed by atoms with van der Waals surface area (Å²) in [6.45, 7) is 0. The molecule has 2 aromatic carbocycles. The molecule has 0 unspecified atom stereocenters. The normalized spacial score (nSPS) is 12.0. The monoisotopic (exact) mass is 415 g/mol. The Morgan fingerprint density at radius 2 is 1.60 bits per heavy atom. The number of benzene rings is 2. The molecule has 5 nitrogen and oxygen atoms in total. The Hall–Kier alpha value is -2.51. The van der Waals surface area contributed by atoms with E-state index < -0.39 is 10.0 Å². The van der Waals surface area contributed by atoms with E-state index in [-0.39, 0.29) is 4.90 Å². The van der Waals surface area contributed by atoms with Crippen molar-refractivity contribution in [2.45, 2.75) is 4.90 Å². The van der Waals surface area contributed by atoms with Crippen LogP contribution in [-0.2, 0) is 10.0 Å². The lowest BCUT2D eigenvalue weighted by Gasteiger charge is -2.09. The Labute approximate surface area is 154 Å². The highest BCUT2D eigenvalue weighted by Crippen LogP contribution is 2.15. The Morgan fingerprint density at radius 3 is 2.24 bits per heavy atom. The molecule has 0 aliphatic carbocycles. The molecule has 0 bridgehead atoms. The highest BCUT2D eigenvalue weighted by molar-refractivity contribution is 9.10. The van der Waals surface area contributed by atoms with Crippen molar-refractivity contribution in [1.82, 2.24) is 9.82 Å². The zero-order chi connectivity index (χ0) is 17.7. The SMILES string of the molecule is O=S(=O)(N/N=C(/c1ccccc1)c1cccnc1)c1ccc(Br)cc1. The molecule has 0 saturated heterocycles. The average Bonchev–Trinajstić information content (AvgIpc) is 2.64. The highest BCUT2D eigenvalue weighted by Gasteiger charge is 2.14. The number of pyridine rings is 1. The van der Waals surface area contributed by atoms with Gasteiger partial charge >= 0.3 is 0 Å². The minimum Gasteiger partial charge on any atom is -0.264 e. The molecule has 0 radical (unpaired) electrons. The number of hydrogen-bond acceptors (Lipinski definition) is 4. The Balaban J connectivity index is 1.98. The molecule has 0 aliphatic heterocycles. The van der Waals surface area contributed by atoms with Gasteiger partial charge in [-0.3, -0.25) is 4.98 Å². The molecule has 1 N–H and O–H groups in total. The van der Waals surface area contributed by atoms with Gasteiger partial charge in [0.1, 0.15) is 5.71 Å². The topological polar surface area (TPSA) is 71.4 Å². The van der Waals surface area contributed by atoms with E-state index >= 15 is 0 Å². The van der Waals surface area contributed by atoms with Gasteiger partial charge in [-0.05, 0) is 36.4 Å². The maximum absolute atomic E-state index is 12.5. The number of rotatable bonds is 5. The maximum Gasteiger partial charge on any atom is 0.276 e. The Kier molecular flexibility index (Phi) is 5.25. The van der Waals surface area contributed by atoms with Gasteiger partial charge in [0.2, 0.25) is 0 Å². The molecule has 1 aromatic heterocycles. The summed E-state index contributed by atoms with van der Waals surface area (Å²) in [7, 11) is -3.77. The summed E-state index contributed by atoms with van der Waals surface area (Å²) < 4.78 is 25.7. The van der Waals surface area contributed by atoms with Crippen LogP contribution in [0, 0.1) is 0 Å². The standard InChI is InChI=1S/C18H14BrN3O2S/c19-16-8-10-17(11-9-16)25(23,24)22-21-18(14-5-2-1-3-6-14)15-7-4-12-20-13-15/h1-13,22H/b21-18-. The number of halogens is 1. The smallest absolute Gasteiger partial charge is 0.264 e. The molecular weight excluding hydrogens is 402 g/mol. The summed E-state index contributed by atoms with van der Waals surface area (Å²) in [5.41, 5.74) is 2.00. The molecule has 126 valence electrons. The number of nitrogens with one attached hydrogen (secondary N) is 1. The van der Waals surface area contributed by atoms with Crippen molar-refractivity contribution >= 4 is 31.7 Å². The summed E-state index contributed by atoms with van der Waals surface area (Å²) in [5, 5.41) is 4.16. The second kappa shape index (κ2) is 7.58. The minimum atomic E-state index is -3.77. The molecular formula is C18H14BrN3O2S. The molecule has 0 spiro atoms. The van der Waals surface area contributed by atoms with Crippen LogP contribution in [0.1, 0.15) is 11.1 Å². The predicted molar refractivity (Wildman–Crippen MR) is 101 cm³/mol. The first kappa shape index (κ1) is 17.3. The van der Waals surface area contributed by atoms with Crippen molar-refractivity contribution in [3.8, 4) is 0 Å². The van der Waals surface area contributed by atoms with Crippen molar-refractivity contribution in [3.05, 3.63) is 94.7 Å². The van der Waals surface area contributed by atoms with Crippen LogP contribution in [0.4, 0.5) is 0 Å². The molecule has 7 heteroatoms. The van der Waals surface area contributed by atoms with Crippen LogP contribution in [0.25, 0.3) is 0 Å². The molecule has 1 heterocycles. The third kappa shape index (κ3) is 4.32. The number of sulfonamides is 1. The predicted octanol–water partition coefficient (Wildman–Crippen LogP) is 3.58. The zero-order valence-corrected chi connectivity index (χ0v) is 15.4. The lowest BCUT2D eigenvalue weighted by Crippen LogP contribution is -2.21. The summed E-state index contributed by atoms with van der Waals surface area (Å²) in [6, 6.07) is 19.3. The second-order valence-corrected chi connectivity index (χ2v) is 7.69. The summed E-state index contributed by atoms with van der Waals surface area (Å²) in [4.78, 5) is 6.53. The van der Waals surface area contributed by atoms with Crippen LogP contribution in [0.3, 0.4) is 0 Å². The zero-order valence-electron chi connectivity index (χ0n) is 13.0. The number of nitrogens with zero attached hydrogens (tertiary/aromatic N) is 2. The van der Waals surface area contributed by atoms with E-state index in [9.17, 15) is 8.42 Å². The first-order chi connectivity index (χ1) is 12.1. The van der Waals surface area contributed by atoms with Crippen LogP contribution >= 0.6 is 15.9 Å². The van der Waals surface area contributed by atoms with Gasteiger partial charge in [0.25, 0.3) is 10.0 Å². The van der Waals surface area contributed by atoms with Gasteiger partial charge in [0.15, 0.2) is 0 Å². The van der Waals surface area contributed by atoms with Crippen LogP contribution in [0.2, 0.25) is 0 Å². The van der Waals surface area contributed by atoms with Crippen molar-refractivity contribution in [3.63, 3.8) is 0 Å². The third-order valence-corrected chi connectivity index (χ3v) is 5.14. The second-order valence-electron chi connectivity index (χ2n) is 5.12. The molecule has 0 saturated carbocycles. The maximum atomic E-state index is 12.5. The van der Waals surface area contributed by atoms with Gasteiger partial charge in [-0.15, -0.1) is 0 Å². The fraction of sp³-hybridized carbons (Fsp3) is 0. The Bertz CT molecular complexity index is 932. The van der Waals surface area contributed by atoms with E-state index in [0.29, 0.717) is 11.3 Å². The van der Waals surface area contributed by atoms with Crippen LogP contribution < -0.4 is 4.83 Å². The first-order valence-electron chi connectivity index (χ1n) is 7.37. The third-order valence-electron chi connectivity index (χ3n) is 3.38. The van der Waals surface area contributed by atoms with Crippen molar-refractivity contribution in [2.75, 3.05) is 0 Å². The van der Waals surface area contributed by atoms with Crippen LogP contribution in [-0.4, -0.2) is 19.1 Å². The van der Waals surface area contributed by atoms with Crippen LogP contribution in [0.5, 0.6) is 0 Å². The van der Waals surface area contributed by atoms with Gasteiger partial charge in [-0.1, -0.05) is 46.3 Å². The highest BCUT2D eigenvalue weighted by atomic mass is 79.9. The van der Waals surface area contributed by atoms with Gasteiger partial charge in [-0.25, -0.2) is 0 Å². The number of aromatic nitrogens is 1. The Morgan fingerprint density at radius 1 is 0.920 bits per heavy atom. The van der Waals surface area contributed by atoms with E-state index in [0.717, 1.165) is 10.0 Å². The van der Waals surface area contributed by atoms with E-state index in [1.54, 1.807) is 30.6 Å². The molecule has 25 heavy (non-hydrogen) atoms. The van der Waals surface area contributed by atoms with Gasteiger partial charge in [0, 0.05) is 28.0 Å². The fourth-order valence-electron chi connectivity index (χ4n) is 2.17. The average molecular weight is 416 g/mol. The van der Waals surface area contributed by atoms with Gasteiger partial charge in [-0.2, -0.15) is 18.4 Å². The van der Waals surface area contributed by atoms with E-state index in [4.69, 9.17) is 0 Å². The summed E-state index contributed by atoms with van der Waals surface area (Å²) in [5.74, 6) is 0. The molecule has 0 fully saturated rings. The van der Waals surface area contributed by atoms with Crippen molar-refractivity contribution in [1.29, 1.82) is 0 Å². The fourth-order valence-corrected chi connectivity index (χ4v) is 3.24. The summed E-state index contributed by atoms with van der Waals surface area (Å²) in [6.07, 6.45) is 3.29. The molecule has 3 rings (SSSR count). The van der Waals surface area contributed by atoms with E-state index in [1.165, 1.54) is 12.1 Å². The quantitative estimate of drug-likeness (QED) is 0.511. The lowest BCUT2D eigenvalue weighted by molar-refractivity contribution is 0.584. The molecule has 0 amide bonds. The minimum absolute atomic E-state index is 0.137. The summed E-state index contributed by atoms with van der Waals surface area (Å²) >= 11 is 3.29. The first-order valence-corrected chi connectivity index (χ1v) is 9.65. The largest absolute Gasteiger partial charge is 0.276 e. The van der Waals surface area contributed by atoms with E-state index in [1.807, 2.05) is 36.4 Å². The van der Waals surface area contributed by atoms with Crippen LogP contribution in [0.15, 0.2) is 93.6 Å². The van der Waals surface area contributed by atoms with Gasteiger partial charge in [0.05, 0.1) is 4.90 Å². The number of hydrogen-bond donors (Lipinski definition) is 1. The van der Waals surface area contributed by atoms with E-state index in [2.05, 4.69) is 30.8 Å². The lowest BCUT2D eigenvalue weighted by atomic mass is 10.0. The van der Waals surface area contributed by atoms with Crippen molar-refractivity contribution in [2.24, 2.45) is 5.10 Å². The van der Waals surface area contributed by atoms with Crippen molar-refractivity contribution < 1.29 is 8.42 Å². The molecule has 3 aromatic rings. The number of hydrazone groups is 1. The molecule has 0 aliphatic rings. The van der Waals surface area contributed by atoms with Gasteiger partial charge < -0.3 is 0 Å². The molecule has 0 atom stereocenters.